The van der Waals surface area contributed by atoms with Gasteiger partial charge in [0.2, 0.25) is 8.32 Å². The maximum atomic E-state index is 11.7. The van der Waals surface area contributed by atoms with Crippen molar-refractivity contribution in [1.82, 2.24) is 0 Å². The van der Waals surface area contributed by atoms with Gasteiger partial charge in [-0.15, -0.1) is 0 Å². The third-order valence-electron chi connectivity index (χ3n) is 8.98. The van der Waals surface area contributed by atoms with E-state index in [1.807, 2.05) is 25.1 Å². The molecular formula is C31H60O4Si2. The summed E-state index contributed by atoms with van der Waals surface area (Å²) in [5.74, 6) is 0.00572. The Morgan fingerprint density at radius 1 is 0.838 bits per heavy atom. The molecule has 3 atom stereocenters. The van der Waals surface area contributed by atoms with Crippen molar-refractivity contribution >= 4 is 16.6 Å². The van der Waals surface area contributed by atoms with E-state index in [0.29, 0.717) is 42.9 Å². The molecule has 0 aliphatic heterocycles. The molecule has 0 aliphatic rings. The van der Waals surface area contributed by atoms with Crippen LogP contribution < -0.4 is 0 Å². The van der Waals surface area contributed by atoms with Gasteiger partial charge < -0.3 is 18.7 Å². The van der Waals surface area contributed by atoms with Crippen molar-refractivity contribution in [3.63, 3.8) is 0 Å². The van der Waals surface area contributed by atoms with Crippen LogP contribution in [0.3, 0.4) is 0 Å². The summed E-state index contributed by atoms with van der Waals surface area (Å²) >= 11 is 0. The van der Waals surface area contributed by atoms with Crippen molar-refractivity contribution in [2.24, 2.45) is 5.92 Å². The normalized spacial score (nSPS) is 16.9. The van der Waals surface area contributed by atoms with Crippen molar-refractivity contribution in [3.05, 3.63) is 35.9 Å². The van der Waals surface area contributed by atoms with Crippen LogP contribution in [0.25, 0.3) is 0 Å². The fourth-order valence-electron chi connectivity index (χ4n) is 5.27. The highest BCUT2D eigenvalue weighted by molar-refractivity contribution is 6.77. The second kappa shape index (κ2) is 14.2. The number of rotatable bonds is 16. The largest absolute Gasteiger partial charge is 0.416 e. The predicted octanol–water partition coefficient (Wildman–Crippen LogP) is 8.95. The lowest BCUT2D eigenvalue weighted by Gasteiger charge is -2.46. The van der Waals surface area contributed by atoms with Crippen LogP contribution in [-0.4, -0.2) is 46.7 Å². The summed E-state index contributed by atoms with van der Waals surface area (Å²) in [5.41, 5.74) is 1.76. The van der Waals surface area contributed by atoms with Crippen LogP contribution in [0.5, 0.6) is 0 Å². The Balaban J connectivity index is 3.05. The van der Waals surface area contributed by atoms with Gasteiger partial charge in [0.1, 0.15) is 0 Å². The van der Waals surface area contributed by atoms with Crippen molar-refractivity contribution < 1.29 is 18.7 Å². The van der Waals surface area contributed by atoms with Crippen molar-refractivity contribution in [3.8, 4) is 0 Å². The molecule has 1 aromatic rings. The highest BCUT2D eigenvalue weighted by Crippen LogP contribution is 2.44. The topological polar surface area (TPSA) is 47.9 Å². The van der Waals surface area contributed by atoms with E-state index in [4.69, 9.17) is 13.6 Å². The zero-order valence-electron chi connectivity index (χ0n) is 26.5. The molecule has 0 unspecified atom stereocenters. The van der Waals surface area contributed by atoms with E-state index in [0.717, 1.165) is 6.42 Å². The van der Waals surface area contributed by atoms with Gasteiger partial charge in [0.05, 0.1) is 18.3 Å². The minimum absolute atomic E-state index is 0.00572. The second-order valence-corrected chi connectivity index (χ2v) is 24.1. The van der Waals surface area contributed by atoms with Gasteiger partial charge in [-0.1, -0.05) is 99.6 Å². The van der Waals surface area contributed by atoms with Gasteiger partial charge in [-0.2, -0.15) is 0 Å². The molecule has 0 fully saturated rings. The zero-order chi connectivity index (χ0) is 28.7. The Kier molecular flexibility index (Phi) is 13.3. The van der Waals surface area contributed by atoms with Gasteiger partial charge in [-0.25, -0.2) is 0 Å². The monoisotopic (exact) mass is 552 g/mol. The van der Waals surface area contributed by atoms with Gasteiger partial charge in [-0.05, 0) is 53.7 Å². The standard InChI is InChI=1S/C31H60O4Si2/c1-24(2)37(25(3)4,26(5)6)35-29(19-20-33-23-28-17-15-14-16-18-28)21-31(11,32)27(7)22-34-36(12,13)30(8,9)10/h14-18,24-27,29,32H,19-23H2,1-13H3/t27-,29+,31+/m0/s1. The molecule has 216 valence electrons. The lowest BCUT2D eigenvalue weighted by atomic mass is 9.85. The molecule has 0 aromatic heterocycles. The summed E-state index contributed by atoms with van der Waals surface area (Å²) in [6, 6.07) is 10.3. The van der Waals surface area contributed by atoms with Crippen LogP contribution in [0.4, 0.5) is 0 Å². The molecule has 0 saturated heterocycles. The molecular weight excluding hydrogens is 493 g/mol. The molecule has 0 spiro atoms. The molecule has 1 aromatic carbocycles. The highest BCUT2D eigenvalue weighted by atomic mass is 28.4. The number of hydrogen-bond donors (Lipinski definition) is 1. The molecule has 0 aliphatic carbocycles. The summed E-state index contributed by atoms with van der Waals surface area (Å²) in [6.07, 6.45) is 1.31. The number of hydrogen-bond acceptors (Lipinski definition) is 4. The molecule has 0 heterocycles. The van der Waals surface area contributed by atoms with E-state index in [2.05, 4.69) is 94.5 Å². The maximum Gasteiger partial charge on any atom is 0.200 e. The molecule has 37 heavy (non-hydrogen) atoms. The molecule has 6 heteroatoms. The Hall–Kier alpha value is -0.506. The number of ether oxygens (including phenoxy) is 1. The van der Waals surface area contributed by atoms with Gasteiger partial charge in [0.15, 0.2) is 8.32 Å². The molecule has 1 rings (SSSR count). The zero-order valence-corrected chi connectivity index (χ0v) is 28.5. The second-order valence-electron chi connectivity index (χ2n) is 13.9. The maximum absolute atomic E-state index is 11.7. The predicted molar refractivity (Wildman–Crippen MR) is 164 cm³/mol. The summed E-state index contributed by atoms with van der Waals surface area (Å²) in [7, 11) is -4.00. The SMILES string of the molecule is CC(C)[Si](O[C@H](CCOCc1ccccc1)C[C@@](C)(O)[C@@H](C)CO[Si](C)(C)C(C)(C)C)(C(C)C)C(C)C. The van der Waals surface area contributed by atoms with Crippen LogP contribution >= 0.6 is 0 Å². The Morgan fingerprint density at radius 2 is 1.35 bits per heavy atom. The lowest BCUT2D eigenvalue weighted by Crippen LogP contribution is -2.52. The minimum atomic E-state index is -2.11. The number of benzene rings is 1. The van der Waals surface area contributed by atoms with E-state index in [1.54, 1.807) is 0 Å². The first-order valence-electron chi connectivity index (χ1n) is 14.5. The van der Waals surface area contributed by atoms with E-state index >= 15 is 0 Å². The van der Waals surface area contributed by atoms with Crippen LogP contribution in [0, 0.1) is 5.92 Å². The Bertz CT molecular complexity index is 747. The lowest BCUT2D eigenvalue weighted by molar-refractivity contribution is -0.0533. The fourth-order valence-corrected chi connectivity index (χ4v) is 12.0. The molecule has 0 saturated carbocycles. The van der Waals surface area contributed by atoms with E-state index in [1.165, 1.54) is 5.56 Å². The third-order valence-corrected chi connectivity index (χ3v) is 19.6. The average Bonchev–Trinajstić information content (AvgIpc) is 2.77. The van der Waals surface area contributed by atoms with Crippen LogP contribution in [0.2, 0.25) is 34.8 Å². The summed E-state index contributed by atoms with van der Waals surface area (Å²) in [6.45, 7) is 31.1. The first-order valence-corrected chi connectivity index (χ1v) is 19.6. The Labute approximate surface area is 232 Å². The third kappa shape index (κ3) is 9.88. The minimum Gasteiger partial charge on any atom is -0.416 e. The fraction of sp³-hybridized carbons (Fsp3) is 0.806. The molecule has 4 nitrogen and oxygen atoms in total. The molecule has 1 N–H and O–H groups in total. The quantitative estimate of drug-likeness (QED) is 0.164. The van der Waals surface area contributed by atoms with Gasteiger partial charge in [0, 0.05) is 25.6 Å². The van der Waals surface area contributed by atoms with Crippen LogP contribution in [-0.2, 0) is 20.2 Å². The van der Waals surface area contributed by atoms with Crippen LogP contribution in [0.1, 0.15) is 94.6 Å². The summed E-state index contributed by atoms with van der Waals surface area (Å²) < 4.78 is 19.8. The smallest absolute Gasteiger partial charge is 0.200 e. The molecule has 0 radical (unpaired) electrons. The summed E-state index contributed by atoms with van der Waals surface area (Å²) in [5, 5.41) is 11.9. The van der Waals surface area contributed by atoms with E-state index in [-0.39, 0.29) is 17.1 Å². The highest BCUT2D eigenvalue weighted by Gasteiger charge is 2.48. The first-order chi connectivity index (χ1) is 16.9. The average molecular weight is 553 g/mol. The Morgan fingerprint density at radius 3 is 1.81 bits per heavy atom. The molecule has 0 amide bonds. The summed E-state index contributed by atoms with van der Waals surface area (Å²) in [4.78, 5) is 0. The van der Waals surface area contributed by atoms with Gasteiger partial charge >= 0.3 is 0 Å². The van der Waals surface area contributed by atoms with Crippen molar-refractivity contribution in [2.45, 2.75) is 142 Å². The van der Waals surface area contributed by atoms with Crippen molar-refractivity contribution in [2.75, 3.05) is 13.2 Å². The van der Waals surface area contributed by atoms with E-state index < -0.39 is 22.2 Å². The van der Waals surface area contributed by atoms with Gasteiger partial charge in [-0.3, -0.25) is 0 Å². The first kappa shape index (κ1) is 34.5. The van der Waals surface area contributed by atoms with E-state index in [9.17, 15) is 5.11 Å². The van der Waals surface area contributed by atoms with Gasteiger partial charge in [0.25, 0.3) is 0 Å². The molecule has 0 bridgehead atoms. The van der Waals surface area contributed by atoms with Crippen LogP contribution in [0.15, 0.2) is 30.3 Å². The number of aliphatic hydroxyl groups is 1. The van der Waals surface area contributed by atoms with Crippen molar-refractivity contribution in [1.29, 1.82) is 0 Å².